The fraction of sp³-hybridized carbons (Fsp3) is 0.375. The Balaban J connectivity index is 1.68. The molecule has 4 rings (SSSR count). The van der Waals surface area contributed by atoms with Crippen LogP contribution in [0.2, 0.25) is 0 Å². The van der Waals surface area contributed by atoms with E-state index < -0.39 is 11.7 Å². The topological polar surface area (TPSA) is 44.8 Å². The van der Waals surface area contributed by atoms with Crippen molar-refractivity contribution in [2.24, 2.45) is 0 Å². The average Bonchev–Trinajstić information content (AvgIpc) is 2.79. The minimum atomic E-state index is -4.38. The molecule has 1 saturated heterocycles. The van der Waals surface area contributed by atoms with E-state index in [-0.39, 0.29) is 11.9 Å². The summed E-state index contributed by atoms with van der Waals surface area (Å²) >= 11 is 0. The predicted octanol–water partition coefficient (Wildman–Crippen LogP) is 3.90. The van der Waals surface area contributed by atoms with Crippen molar-refractivity contribution in [2.75, 3.05) is 37.7 Å². The van der Waals surface area contributed by atoms with E-state index in [9.17, 15) is 18.0 Å². The summed E-state index contributed by atoms with van der Waals surface area (Å²) in [5, 5.41) is 2.96. The number of ether oxygens (including phenoxy) is 1. The van der Waals surface area contributed by atoms with Gasteiger partial charge in [0.1, 0.15) is 0 Å². The highest BCUT2D eigenvalue weighted by atomic mass is 19.4. The molecule has 2 aromatic carbocycles. The van der Waals surface area contributed by atoms with Crippen molar-refractivity contribution in [2.45, 2.75) is 25.2 Å². The smallest absolute Gasteiger partial charge is 0.379 e. The molecule has 2 aliphatic heterocycles. The number of rotatable bonds is 5. The second-order valence-electron chi connectivity index (χ2n) is 8.07. The van der Waals surface area contributed by atoms with Crippen LogP contribution in [0.5, 0.6) is 0 Å². The highest BCUT2D eigenvalue weighted by Crippen LogP contribution is 2.37. The first-order chi connectivity index (χ1) is 15.3. The highest BCUT2D eigenvalue weighted by Gasteiger charge is 2.32. The molecule has 1 unspecified atom stereocenters. The van der Waals surface area contributed by atoms with Crippen molar-refractivity contribution in [1.29, 1.82) is 0 Å². The monoisotopic (exact) mass is 445 g/mol. The predicted molar refractivity (Wildman–Crippen MR) is 117 cm³/mol. The van der Waals surface area contributed by atoms with Crippen LogP contribution in [0.3, 0.4) is 0 Å². The van der Waals surface area contributed by atoms with E-state index in [2.05, 4.69) is 22.9 Å². The largest absolute Gasteiger partial charge is 0.416 e. The number of carbonyl (C=O) groups excluding carboxylic acids is 1. The third-order valence-electron chi connectivity index (χ3n) is 5.93. The van der Waals surface area contributed by atoms with Gasteiger partial charge in [0.15, 0.2) is 0 Å². The van der Waals surface area contributed by atoms with Crippen molar-refractivity contribution in [3.05, 3.63) is 71.8 Å². The van der Waals surface area contributed by atoms with Crippen LogP contribution in [0.15, 0.2) is 55.1 Å². The number of hydrogen-bond donors (Lipinski definition) is 1. The van der Waals surface area contributed by atoms with Gasteiger partial charge >= 0.3 is 6.18 Å². The summed E-state index contributed by atoms with van der Waals surface area (Å²) in [5.74, 6) is -0.267. The molecular formula is C24H26F3N3O2. The number of anilines is 2. The van der Waals surface area contributed by atoms with E-state index >= 15 is 0 Å². The van der Waals surface area contributed by atoms with Crippen LogP contribution in [-0.4, -0.2) is 49.7 Å². The van der Waals surface area contributed by atoms with Gasteiger partial charge in [0, 0.05) is 37.6 Å². The van der Waals surface area contributed by atoms with Crippen molar-refractivity contribution < 1.29 is 22.7 Å². The highest BCUT2D eigenvalue weighted by molar-refractivity contribution is 5.87. The molecule has 0 aliphatic carbocycles. The van der Waals surface area contributed by atoms with Gasteiger partial charge in [-0.1, -0.05) is 18.7 Å². The Morgan fingerprint density at radius 1 is 1.16 bits per heavy atom. The number of carbonyl (C=O) groups is 1. The number of amides is 1. The summed E-state index contributed by atoms with van der Waals surface area (Å²) in [6.45, 7) is 7.84. The maximum Gasteiger partial charge on any atom is 0.416 e. The maximum atomic E-state index is 13.0. The standard InChI is InChI=1S/C24H26F3N3O2/c1-2-23(31)28-19-14-21-17(15-29-10-12-32-13-11-29)4-3-5-22(21)30(16-19)20-8-6-18(7-9-20)24(25,26)27/h2-9,19H,1,10-16H2,(H,28,31). The first kappa shape index (κ1) is 22.4. The van der Waals surface area contributed by atoms with Crippen molar-refractivity contribution in [3.8, 4) is 0 Å². The number of alkyl halides is 3. The van der Waals surface area contributed by atoms with Crippen LogP contribution in [-0.2, 0) is 28.7 Å². The van der Waals surface area contributed by atoms with Crippen LogP contribution in [0.25, 0.3) is 0 Å². The molecule has 8 heteroatoms. The molecule has 2 aliphatic rings. The molecule has 170 valence electrons. The molecule has 0 spiro atoms. The maximum absolute atomic E-state index is 13.0. The molecule has 0 aromatic heterocycles. The summed E-state index contributed by atoms with van der Waals surface area (Å²) in [6, 6.07) is 11.0. The summed E-state index contributed by atoms with van der Waals surface area (Å²) in [5.41, 5.74) is 3.18. The Morgan fingerprint density at radius 3 is 2.53 bits per heavy atom. The summed E-state index contributed by atoms with van der Waals surface area (Å²) < 4.78 is 44.6. The van der Waals surface area contributed by atoms with Gasteiger partial charge in [-0.2, -0.15) is 13.2 Å². The molecule has 0 radical (unpaired) electrons. The van der Waals surface area contributed by atoms with Gasteiger partial charge in [-0.3, -0.25) is 9.69 Å². The van der Waals surface area contributed by atoms with Crippen molar-refractivity contribution >= 4 is 17.3 Å². The fourth-order valence-corrected chi connectivity index (χ4v) is 4.32. The fourth-order valence-electron chi connectivity index (χ4n) is 4.32. The first-order valence-electron chi connectivity index (χ1n) is 10.6. The first-order valence-corrected chi connectivity index (χ1v) is 10.6. The minimum Gasteiger partial charge on any atom is -0.379 e. The van der Waals surface area contributed by atoms with Gasteiger partial charge in [0.25, 0.3) is 0 Å². The van der Waals surface area contributed by atoms with Crippen LogP contribution >= 0.6 is 0 Å². The third-order valence-corrected chi connectivity index (χ3v) is 5.93. The van der Waals surface area contributed by atoms with E-state index in [0.29, 0.717) is 31.9 Å². The van der Waals surface area contributed by atoms with E-state index in [1.807, 2.05) is 17.0 Å². The van der Waals surface area contributed by atoms with E-state index in [0.717, 1.165) is 48.6 Å². The van der Waals surface area contributed by atoms with Gasteiger partial charge in [0.2, 0.25) is 5.91 Å². The number of nitrogens with zero attached hydrogens (tertiary/aromatic N) is 2. The molecule has 0 saturated carbocycles. The minimum absolute atomic E-state index is 0.193. The quantitative estimate of drug-likeness (QED) is 0.709. The zero-order valence-electron chi connectivity index (χ0n) is 17.7. The number of fused-ring (bicyclic) bond motifs is 1. The Morgan fingerprint density at radius 2 is 1.88 bits per heavy atom. The molecule has 2 aromatic rings. The molecule has 1 N–H and O–H groups in total. The normalized spacial score (nSPS) is 19.3. The summed E-state index contributed by atoms with van der Waals surface area (Å²) in [4.78, 5) is 16.3. The molecule has 2 heterocycles. The molecule has 1 atom stereocenters. The number of nitrogens with one attached hydrogen (secondary N) is 1. The number of hydrogen-bond acceptors (Lipinski definition) is 4. The second-order valence-corrected chi connectivity index (χ2v) is 8.07. The Kier molecular flexibility index (Phi) is 6.53. The van der Waals surface area contributed by atoms with Crippen LogP contribution in [0.1, 0.15) is 16.7 Å². The number of morpholine rings is 1. The van der Waals surface area contributed by atoms with Gasteiger partial charge in [0.05, 0.1) is 24.8 Å². The Labute approximate surface area is 185 Å². The summed E-state index contributed by atoms with van der Waals surface area (Å²) in [6.07, 6.45) is -2.51. The van der Waals surface area contributed by atoms with Gasteiger partial charge < -0.3 is 15.0 Å². The molecule has 5 nitrogen and oxygen atoms in total. The zero-order valence-corrected chi connectivity index (χ0v) is 17.7. The zero-order chi connectivity index (χ0) is 22.7. The van der Waals surface area contributed by atoms with Crippen molar-refractivity contribution in [3.63, 3.8) is 0 Å². The molecule has 1 amide bonds. The average molecular weight is 445 g/mol. The third kappa shape index (κ3) is 4.97. The van der Waals surface area contributed by atoms with Crippen molar-refractivity contribution in [1.82, 2.24) is 10.2 Å². The van der Waals surface area contributed by atoms with Gasteiger partial charge in [-0.15, -0.1) is 0 Å². The summed E-state index contributed by atoms with van der Waals surface area (Å²) in [7, 11) is 0. The lowest BCUT2D eigenvalue weighted by Crippen LogP contribution is -2.47. The Bertz CT molecular complexity index is 969. The molecule has 32 heavy (non-hydrogen) atoms. The lowest BCUT2D eigenvalue weighted by molar-refractivity contribution is -0.137. The SMILES string of the molecule is C=CC(=O)NC1Cc2c(CN3CCOCC3)cccc2N(c2ccc(C(F)(F)F)cc2)C1. The van der Waals surface area contributed by atoms with Crippen LogP contribution in [0.4, 0.5) is 24.5 Å². The van der Waals surface area contributed by atoms with E-state index in [1.54, 1.807) is 0 Å². The molecule has 1 fully saturated rings. The number of halogens is 3. The van der Waals surface area contributed by atoms with Gasteiger partial charge in [-0.05, 0) is 54.0 Å². The second kappa shape index (κ2) is 9.34. The Hall–Kier alpha value is -2.84. The van der Waals surface area contributed by atoms with E-state index in [1.165, 1.54) is 18.2 Å². The van der Waals surface area contributed by atoms with E-state index in [4.69, 9.17) is 4.74 Å². The van der Waals surface area contributed by atoms with Gasteiger partial charge in [-0.25, -0.2) is 0 Å². The van der Waals surface area contributed by atoms with Crippen LogP contribution in [0, 0.1) is 0 Å². The number of benzene rings is 2. The lowest BCUT2D eigenvalue weighted by atomic mass is 9.92. The molecular weight excluding hydrogens is 419 g/mol. The lowest BCUT2D eigenvalue weighted by Gasteiger charge is -2.38. The molecule has 0 bridgehead atoms. The van der Waals surface area contributed by atoms with Crippen LogP contribution < -0.4 is 10.2 Å².